The molecule has 2 rings (SSSR count). The summed E-state index contributed by atoms with van der Waals surface area (Å²) < 4.78 is 0. The molecule has 0 bridgehead atoms. The van der Waals surface area contributed by atoms with Crippen molar-refractivity contribution in [2.24, 2.45) is 5.10 Å². The van der Waals surface area contributed by atoms with Crippen LogP contribution in [0, 0.1) is 0 Å². The molecule has 5 nitrogen and oxygen atoms in total. The van der Waals surface area contributed by atoms with Crippen molar-refractivity contribution in [2.75, 3.05) is 0 Å². The Hall–Kier alpha value is -2.17. The number of hydrogen-bond acceptors (Lipinski definition) is 3. The topological polar surface area (TPSA) is 70.6 Å². The molecule has 0 aliphatic heterocycles. The predicted octanol–water partition coefficient (Wildman–Crippen LogP) is 2.17. The highest BCUT2D eigenvalue weighted by atomic mass is 16.2. The summed E-state index contributed by atoms with van der Waals surface area (Å²) in [6.07, 6.45) is 5.01. The van der Waals surface area contributed by atoms with Crippen LogP contribution in [0.3, 0.4) is 0 Å². The van der Waals surface area contributed by atoms with E-state index in [1.807, 2.05) is 30.3 Å². The van der Waals surface area contributed by atoms with Crippen molar-refractivity contribution in [1.29, 1.82) is 0 Å². The lowest BCUT2D eigenvalue weighted by atomic mass is 10.1. The van der Waals surface area contributed by atoms with E-state index in [1.165, 1.54) is 12.8 Å². The summed E-state index contributed by atoms with van der Waals surface area (Å²) in [6, 6.07) is 9.80. The van der Waals surface area contributed by atoms with Crippen LogP contribution in [0.25, 0.3) is 0 Å². The fourth-order valence-electron chi connectivity index (χ4n) is 2.60. The number of nitrogens with zero attached hydrogens (tertiary/aromatic N) is 1. The summed E-state index contributed by atoms with van der Waals surface area (Å²) >= 11 is 0. The van der Waals surface area contributed by atoms with Crippen molar-refractivity contribution in [3.63, 3.8) is 0 Å². The van der Waals surface area contributed by atoms with Gasteiger partial charge in [0.2, 0.25) is 11.8 Å². The zero-order valence-corrected chi connectivity index (χ0v) is 13.0. The molecule has 1 aromatic carbocycles. The molecule has 0 atom stereocenters. The van der Waals surface area contributed by atoms with Crippen LogP contribution in [0.15, 0.2) is 35.4 Å². The molecular formula is C17H23N3O2. The number of carbonyl (C=O) groups is 2. The molecule has 0 aromatic heterocycles. The van der Waals surface area contributed by atoms with Crippen LogP contribution in [-0.2, 0) is 16.0 Å². The molecule has 0 radical (unpaired) electrons. The summed E-state index contributed by atoms with van der Waals surface area (Å²) in [4.78, 5) is 23.6. The molecule has 1 saturated carbocycles. The van der Waals surface area contributed by atoms with E-state index in [1.54, 1.807) is 6.92 Å². The van der Waals surface area contributed by atoms with Gasteiger partial charge in [0.15, 0.2) is 0 Å². The Kier molecular flexibility index (Phi) is 6.13. The van der Waals surface area contributed by atoms with Crippen LogP contribution in [0.1, 0.15) is 44.6 Å². The van der Waals surface area contributed by atoms with Crippen LogP contribution >= 0.6 is 0 Å². The second kappa shape index (κ2) is 8.32. The van der Waals surface area contributed by atoms with Gasteiger partial charge in [0, 0.05) is 11.8 Å². The van der Waals surface area contributed by atoms with Crippen molar-refractivity contribution < 1.29 is 9.59 Å². The van der Waals surface area contributed by atoms with Gasteiger partial charge < -0.3 is 5.32 Å². The highest BCUT2D eigenvalue weighted by Crippen LogP contribution is 2.17. The second-order valence-corrected chi connectivity index (χ2v) is 5.77. The van der Waals surface area contributed by atoms with Crippen molar-refractivity contribution in [3.05, 3.63) is 35.9 Å². The highest BCUT2D eigenvalue weighted by Gasteiger charge is 2.17. The summed E-state index contributed by atoms with van der Waals surface area (Å²) in [5, 5.41) is 7.00. The van der Waals surface area contributed by atoms with Crippen molar-refractivity contribution in [2.45, 2.75) is 51.5 Å². The minimum atomic E-state index is -0.179. The van der Waals surface area contributed by atoms with Crippen LogP contribution in [0.4, 0.5) is 0 Å². The lowest BCUT2D eigenvalue weighted by Gasteiger charge is -2.11. The number of nitrogens with one attached hydrogen (secondary N) is 2. The molecule has 1 aliphatic carbocycles. The molecule has 2 N–H and O–H groups in total. The normalized spacial score (nSPS) is 15.6. The van der Waals surface area contributed by atoms with Crippen molar-refractivity contribution in [1.82, 2.24) is 10.7 Å². The van der Waals surface area contributed by atoms with E-state index < -0.39 is 0 Å². The number of rotatable bonds is 6. The maximum atomic E-state index is 11.8. The Bertz CT molecular complexity index is 534. The number of hydrogen-bond donors (Lipinski definition) is 2. The molecule has 0 unspecified atom stereocenters. The van der Waals surface area contributed by atoms with Gasteiger partial charge in [-0.2, -0.15) is 5.10 Å². The first-order valence-corrected chi connectivity index (χ1v) is 7.79. The summed E-state index contributed by atoms with van der Waals surface area (Å²) in [6.45, 7) is 1.75. The van der Waals surface area contributed by atoms with Crippen LogP contribution in [0.2, 0.25) is 0 Å². The molecule has 1 fully saturated rings. The van der Waals surface area contributed by atoms with Gasteiger partial charge in [0.05, 0.1) is 12.8 Å². The Labute approximate surface area is 131 Å². The highest BCUT2D eigenvalue weighted by molar-refractivity contribution is 6.00. The van der Waals surface area contributed by atoms with Gasteiger partial charge in [-0.3, -0.25) is 9.59 Å². The second-order valence-electron chi connectivity index (χ2n) is 5.77. The van der Waals surface area contributed by atoms with Crippen LogP contribution < -0.4 is 10.7 Å². The lowest BCUT2D eigenvalue weighted by molar-refractivity contribution is -0.121. The van der Waals surface area contributed by atoms with E-state index in [0.717, 1.165) is 18.4 Å². The first-order chi connectivity index (χ1) is 10.6. The third-order valence-corrected chi connectivity index (χ3v) is 3.72. The monoisotopic (exact) mass is 301 g/mol. The standard InChI is InChI=1S/C17H23N3O2/c1-13(11-16(21)18-15-9-5-6-10-15)19-20-17(22)12-14-7-3-2-4-8-14/h2-4,7-8,15H,5-6,9-12H2,1H3,(H,18,21)(H,20,22). The maximum absolute atomic E-state index is 11.8. The van der Waals surface area contributed by atoms with E-state index in [4.69, 9.17) is 0 Å². The van der Waals surface area contributed by atoms with Gasteiger partial charge >= 0.3 is 0 Å². The smallest absolute Gasteiger partial charge is 0.244 e. The summed E-state index contributed by atoms with van der Waals surface area (Å²) in [7, 11) is 0. The number of amides is 2. The first kappa shape index (κ1) is 16.2. The zero-order chi connectivity index (χ0) is 15.8. The van der Waals surface area contributed by atoms with Crippen LogP contribution in [-0.4, -0.2) is 23.6 Å². The minimum Gasteiger partial charge on any atom is -0.353 e. The van der Waals surface area contributed by atoms with Gasteiger partial charge in [-0.05, 0) is 25.3 Å². The Balaban J connectivity index is 1.72. The van der Waals surface area contributed by atoms with Gasteiger partial charge in [-0.25, -0.2) is 5.43 Å². The van der Waals surface area contributed by atoms with E-state index in [0.29, 0.717) is 11.8 Å². The molecule has 1 aliphatic rings. The van der Waals surface area contributed by atoms with Gasteiger partial charge in [-0.1, -0.05) is 43.2 Å². The molecule has 5 heteroatoms. The number of carbonyl (C=O) groups excluding carboxylic acids is 2. The Morgan fingerprint density at radius 3 is 2.50 bits per heavy atom. The molecule has 0 saturated heterocycles. The van der Waals surface area contributed by atoms with Crippen LogP contribution in [0.5, 0.6) is 0 Å². The van der Waals surface area contributed by atoms with E-state index in [9.17, 15) is 9.59 Å². The average molecular weight is 301 g/mol. The lowest BCUT2D eigenvalue weighted by Crippen LogP contribution is -2.34. The molecule has 0 heterocycles. The van der Waals surface area contributed by atoms with Gasteiger partial charge in [-0.15, -0.1) is 0 Å². The quantitative estimate of drug-likeness (QED) is 0.624. The fraction of sp³-hybridized carbons (Fsp3) is 0.471. The Morgan fingerprint density at radius 1 is 1.14 bits per heavy atom. The third-order valence-electron chi connectivity index (χ3n) is 3.72. The summed E-state index contributed by atoms with van der Waals surface area (Å²) in [5.41, 5.74) is 4.04. The Morgan fingerprint density at radius 2 is 1.82 bits per heavy atom. The molecule has 2 amide bonds. The van der Waals surface area contributed by atoms with E-state index in [-0.39, 0.29) is 24.7 Å². The third kappa shape index (κ3) is 5.68. The maximum Gasteiger partial charge on any atom is 0.244 e. The molecule has 0 spiro atoms. The van der Waals surface area contributed by atoms with Gasteiger partial charge in [0.25, 0.3) is 0 Å². The molecule has 22 heavy (non-hydrogen) atoms. The number of benzene rings is 1. The largest absolute Gasteiger partial charge is 0.353 e. The van der Waals surface area contributed by atoms with Crippen molar-refractivity contribution >= 4 is 17.5 Å². The fourth-order valence-corrected chi connectivity index (χ4v) is 2.60. The summed E-state index contributed by atoms with van der Waals surface area (Å²) in [5.74, 6) is -0.202. The van der Waals surface area contributed by atoms with E-state index in [2.05, 4.69) is 15.8 Å². The molecule has 118 valence electrons. The number of hydrazone groups is 1. The first-order valence-electron chi connectivity index (χ1n) is 7.79. The predicted molar refractivity (Wildman–Crippen MR) is 86.4 cm³/mol. The van der Waals surface area contributed by atoms with Crippen molar-refractivity contribution in [3.8, 4) is 0 Å². The molecular weight excluding hydrogens is 278 g/mol. The zero-order valence-electron chi connectivity index (χ0n) is 13.0. The van der Waals surface area contributed by atoms with Gasteiger partial charge in [0.1, 0.15) is 0 Å². The SMILES string of the molecule is CC(CC(=O)NC1CCCC1)=NNC(=O)Cc1ccccc1. The molecule has 1 aromatic rings. The van der Waals surface area contributed by atoms with E-state index >= 15 is 0 Å². The average Bonchev–Trinajstić information content (AvgIpc) is 2.99. The minimum absolute atomic E-state index is 0.0227.